The van der Waals surface area contributed by atoms with Crippen LogP contribution in [-0.4, -0.2) is 27.2 Å². The zero-order chi connectivity index (χ0) is 17.5. The predicted molar refractivity (Wildman–Crippen MR) is 93.9 cm³/mol. The van der Waals surface area contributed by atoms with E-state index in [0.29, 0.717) is 41.5 Å². The van der Waals surface area contributed by atoms with Crippen molar-refractivity contribution in [2.45, 2.75) is 12.8 Å². The van der Waals surface area contributed by atoms with Crippen LogP contribution in [0, 0.1) is 0 Å². The predicted octanol–water partition coefficient (Wildman–Crippen LogP) is 2.87. The number of nitrogens with two attached hydrogens (primary N) is 1. The fourth-order valence-corrected chi connectivity index (χ4v) is 2.29. The molecule has 128 valence electrons. The number of ether oxygens (including phenoxy) is 3. The van der Waals surface area contributed by atoms with E-state index in [2.05, 4.69) is 5.32 Å². The first kappa shape index (κ1) is 17.5. The first-order valence-electron chi connectivity index (χ1n) is 7.51. The summed E-state index contributed by atoms with van der Waals surface area (Å²) in [6, 6.07) is 10.8. The molecule has 0 heterocycles. The minimum atomic E-state index is -0.110. The number of aryl methyl sites for hydroxylation is 1. The van der Waals surface area contributed by atoms with Gasteiger partial charge in [-0.1, -0.05) is 6.07 Å². The molecule has 0 fully saturated rings. The number of methoxy groups -OCH3 is 3. The molecule has 0 saturated carbocycles. The third-order valence-electron chi connectivity index (χ3n) is 3.62. The lowest BCUT2D eigenvalue weighted by molar-refractivity contribution is -0.116. The molecule has 3 N–H and O–H groups in total. The van der Waals surface area contributed by atoms with E-state index in [0.717, 1.165) is 5.56 Å². The van der Waals surface area contributed by atoms with Crippen molar-refractivity contribution in [3.05, 3.63) is 42.0 Å². The summed E-state index contributed by atoms with van der Waals surface area (Å²) in [5, 5.41) is 2.81. The van der Waals surface area contributed by atoms with Gasteiger partial charge in [0.15, 0.2) is 11.5 Å². The first-order chi connectivity index (χ1) is 11.6. The Morgan fingerprint density at radius 3 is 2.38 bits per heavy atom. The molecule has 0 spiro atoms. The third-order valence-corrected chi connectivity index (χ3v) is 3.62. The molecule has 0 aliphatic heterocycles. The minimum absolute atomic E-state index is 0.110. The van der Waals surface area contributed by atoms with Crippen molar-refractivity contribution < 1.29 is 19.0 Å². The Morgan fingerprint density at radius 1 is 1.00 bits per heavy atom. The van der Waals surface area contributed by atoms with Gasteiger partial charge in [-0.15, -0.1) is 0 Å². The maximum atomic E-state index is 12.1. The average molecular weight is 330 g/mol. The Hall–Kier alpha value is -2.89. The van der Waals surface area contributed by atoms with Crippen molar-refractivity contribution in [2.24, 2.45) is 0 Å². The molecule has 0 radical (unpaired) electrons. The van der Waals surface area contributed by atoms with Gasteiger partial charge in [-0.25, -0.2) is 0 Å². The summed E-state index contributed by atoms with van der Waals surface area (Å²) in [7, 11) is 4.74. The molecule has 1 amide bonds. The molecule has 2 aromatic rings. The fraction of sp³-hybridized carbons (Fsp3) is 0.278. The monoisotopic (exact) mass is 330 g/mol. The second kappa shape index (κ2) is 8.10. The van der Waals surface area contributed by atoms with Gasteiger partial charge in [0.25, 0.3) is 0 Å². The minimum Gasteiger partial charge on any atom is -0.497 e. The third kappa shape index (κ3) is 4.32. The normalized spacial score (nSPS) is 10.1. The highest BCUT2D eigenvalue weighted by Gasteiger charge is 2.09. The lowest BCUT2D eigenvalue weighted by Gasteiger charge is -2.11. The van der Waals surface area contributed by atoms with Crippen molar-refractivity contribution in [1.82, 2.24) is 0 Å². The molecular formula is C18H22N2O4. The van der Waals surface area contributed by atoms with Gasteiger partial charge in [0.2, 0.25) is 5.91 Å². The number of nitrogen functional groups attached to an aromatic ring is 1. The molecule has 0 saturated heterocycles. The number of anilines is 2. The molecule has 24 heavy (non-hydrogen) atoms. The summed E-state index contributed by atoms with van der Waals surface area (Å²) in [6.07, 6.45) is 0.920. The van der Waals surface area contributed by atoms with Crippen molar-refractivity contribution >= 4 is 17.3 Å². The van der Waals surface area contributed by atoms with Crippen LogP contribution in [0.3, 0.4) is 0 Å². The fourth-order valence-electron chi connectivity index (χ4n) is 2.29. The van der Waals surface area contributed by atoms with Gasteiger partial charge in [0.05, 0.1) is 32.7 Å². The van der Waals surface area contributed by atoms with Crippen LogP contribution in [0.25, 0.3) is 0 Å². The van der Waals surface area contributed by atoms with Gasteiger partial charge in [-0.05, 0) is 36.2 Å². The second-order valence-electron chi connectivity index (χ2n) is 5.19. The van der Waals surface area contributed by atoms with Gasteiger partial charge in [0, 0.05) is 12.5 Å². The van der Waals surface area contributed by atoms with E-state index in [1.165, 1.54) is 0 Å². The zero-order valence-corrected chi connectivity index (χ0v) is 14.1. The van der Waals surface area contributed by atoms with E-state index in [4.69, 9.17) is 19.9 Å². The highest BCUT2D eigenvalue weighted by Crippen LogP contribution is 2.28. The van der Waals surface area contributed by atoms with Crippen molar-refractivity contribution in [1.29, 1.82) is 0 Å². The van der Waals surface area contributed by atoms with Gasteiger partial charge >= 0.3 is 0 Å². The number of rotatable bonds is 7. The van der Waals surface area contributed by atoms with E-state index in [-0.39, 0.29) is 5.91 Å². The lowest BCUT2D eigenvalue weighted by Crippen LogP contribution is -2.13. The molecular weight excluding hydrogens is 308 g/mol. The topological polar surface area (TPSA) is 82.8 Å². The average Bonchev–Trinajstić information content (AvgIpc) is 2.61. The Bertz CT molecular complexity index is 716. The van der Waals surface area contributed by atoms with Crippen LogP contribution >= 0.6 is 0 Å². The SMILES string of the molecule is COc1ccc(NC(=O)CCc2ccc(OC)c(OC)c2)c(N)c1. The Labute approximate surface area is 141 Å². The van der Waals surface area contributed by atoms with Gasteiger partial charge in [-0.3, -0.25) is 4.79 Å². The summed E-state index contributed by atoms with van der Waals surface area (Å²) in [4.78, 5) is 12.1. The van der Waals surface area contributed by atoms with E-state index in [9.17, 15) is 4.79 Å². The lowest BCUT2D eigenvalue weighted by atomic mass is 10.1. The Morgan fingerprint density at radius 2 is 1.75 bits per heavy atom. The number of hydrogen-bond donors (Lipinski definition) is 2. The molecule has 0 atom stereocenters. The first-order valence-corrected chi connectivity index (χ1v) is 7.51. The van der Waals surface area contributed by atoms with Crippen LogP contribution in [0.1, 0.15) is 12.0 Å². The highest BCUT2D eigenvalue weighted by molar-refractivity contribution is 5.94. The molecule has 0 aliphatic carbocycles. The Kier molecular flexibility index (Phi) is 5.89. The van der Waals surface area contributed by atoms with E-state index in [1.54, 1.807) is 39.5 Å². The smallest absolute Gasteiger partial charge is 0.224 e. The van der Waals surface area contributed by atoms with Crippen LogP contribution in [0.5, 0.6) is 17.2 Å². The molecule has 0 unspecified atom stereocenters. The molecule has 6 nitrogen and oxygen atoms in total. The van der Waals surface area contributed by atoms with Gasteiger partial charge in [0.1, 0.15) is 5.75 Å². The summed E-state index contributed by atoms with van der Waals surface area (Å²) < 4.78 is 15.5. The van der Waals surface area contributed by atoms with Gasteiger partial charge in [-0.2, -0.15) is 0 Å². The zero-order valence-electron chi connectivity index (χ0n) is 14.1. The molecule has 2 aromatic carbocycles. The largest absolute Gasteiger partial charge is 0.497 e. The van der Waals surface area contributed by atoms with Crippen LogP contribution in [-0.2, 0) is 11.2 Å². The molecule has 2 rings (SSSR count). The summed E-state index contributed by atoms with van der Waals surface area (Å²) in [5.74, 6) is 1.85. The second-order valence-corrected chi connectivity index (χ2v) is 5.19. The van der Waals surface area contributed by atoms with Crippen LogP contribution in [0.15, 0.2) is 36.4 Å². The van der Waals surface area contributed by atoms with Crippen molar-refractivity contribution in [3.8, 4) is 17.2 Å². The molecule has 0 aromatic heterocycles. The van der Waals surface area contributed by atoms with E-state index in [1.807, 2.05) is 18.2 Å². The Balaban J connectivity index is 1.96. The van der Waals surface area contributed by atoms with E-state index >= 15 is 0 Å². The number of nitrogens with one attached hydrogen (secondary N) is 1. The number of carbonyl (C=O) groups excluding carboxylic acids is 1. The number of carbonyl (C=O) groups is 1. The van der Waals surface area contributed by atoms with Crippen LogP contribution in [0.2, 0.25) is 0 Å². The number of hydrogen-bond acceptors (Lipinski definition) is 5. The van der Waals surface area contributed by atoms with Gasteiger partial charge < -0.3 is 25.3 Å². The molecule has 0 aliphatic rings. The highest BCUT2D eigenvalue weighted by atomic mass is 16.5. The molecule has 6 heteroatoms. The quantitative estimate of drug-likeness (QED) is 0.763. The maximum Gasteiger partial charge on any atom is 0.224 e. The molecule has 0 bridgehead atoms. The van der Waals surface area contributed by atoms with Crippen LogP contribution in [0.4, 0.5) is 11.4 Å². The summed E-state index contributed by atoms with van der Waals surface area (Å²) in [5.41, 5.74) is 7.93. The van der Waals surface area contributed by atoms with Crippen molar-refractivity contribution in [3.63, 3.8) is 0 Å². The van der Waals surface area contributed by atoms with E-state index < -0.39 is 0 Å². The van der Waals surface area contributed by atoms with Crippen LogP contribution < -0.4 is 25.3 Å². The summed E-state index contributed by atoms with van der Waals surface area (Å²) >= 11 is 0. The standard InChI is InChI=1S/C18H22N2O4/c1-22-13-6-7-15(14(19)11-13)20-18(21)9-5-12-4-8-16(23-2)17(10-12)24-3/h4,6-8,10-11H,5,9,19H2,1-3H3,(H,20,21). The van der Waals surface area contributed by atoms with Crippen molar-refractivity contribution in [2.75, 3.05) is 32.4 Å². The maximum absolute atomic E-state index is 12.1. The number of benzene rings is 2. The summed E-state index contributed by atoms with van der Waals surface area (Å²) in [6.45, 7) is 0. The number of amides is 1.